The molecule has 0 radical (unpaired) electrons. The van der Waals surface area contributed by atoms with Crippen LogP contribution in [0.5, 0.6) is 0 Å². The summed E-state index contributed by atoms with van der Waals surface area (Å²) in [5, 5.41) is 3.91. The fourth-order valence-electron chi connectivity index (χ4n) is 1.83. The van der Waals surface area contributed by atoms with Crippen molar-refractivity contribution in [3.05, 3.63) is 56.8 Å². The molecule has 4 nitrogen and oxygen atoms in total. The van der Waals surface area contributed by atoms with Crippen LogP contribution in [0, 0.1) is 6.92 Å². The van der Waals surface area contributed by atoms with Gasteiger partial charge in [0.05, 0.1) is 20.6 Å². The van der Waals surface area contributed by atoms with E-state index in [2.05, 4.69) is 10.3 Å². The molecule has 0 bridgehead atoms. The van der Waals surface area contributed by atoms with Crippen LogP contribution >= 0.6 is 35.0 Å². The minimum atomic E-state index is -0.226. The van der Waals surface area contributed by atoms with Gasteiger partial charge in [0.2, 0.25) is 0 Å². The van der Waals surface area contributed by atoms with Crippen LogP contribution < -0.4 is 5.32 Å². The molecule has 1 amide bonds. The van der Waals surface area contributed by atoms with Crippen molar-refractivity contribution in [3.8, 4) is 0 Å². The standard InChI is InChI=1S/C15H10Cl2N2O2S/c1-8-5-6-9(21-8)7-12-14(20)19-15(22-12)18-11-4-2-3-10(16)13(11)17/h2-7H,1H3,(H,18,19,20)/b12-7+. The number of aliphatic imine (C=N–C) groups is 1. The summed E-state index contributed by atoms with van der Waals surface area (Å²) in [5.41, 5.74) is 0.507. The maximum Gasteiger partial charge on any atom is 0.264 e. The first kappa shape index (κ1) is 15.2. The molecule has 112 valence electrons. The van der Waals surface area contributed by atoms with Crippen molar-refractivity contribution in [3.63, 3.8) is 0 Å². The molecule has 1 saturated heterocycles. The first-order valence-electron chi connectivity index (χ1n) is 6.33. The van der Waals surface area contributed by atoms with Gasteiger partial charge in [0, 0.05) is 6.08 Å². The number of amides is 1. The van der Waals surface area contributed by atoms with Gasteiger partial charge in [-0.05, 0) is 43.0 Å². The molecule has 2 heterocycles. The van der Waals surface area contributed by atoms with Crippen LogP contribution in [0.2, 0.25) is 10.0 Å². The van der Waals surface area contributed by atoms with Crippen molar-refractivity contribution in [2.24, 2.45) is 4.99 Å². The summed E-state index contributed by atoms with van der Waals surface area (Å²) < 4.78 is 5.43. The molecular formula is C15H10Cl2N2O2S. The first-order chi connectivity index (χ1) is 10.5. The highest BCUT2D eigenvalue weighted by molar-refractivity contribution is 8.18. The minimum absolute atomic E-state index is 0.226. The Hall–Kier alpha value is -1.69. The van der Waals surface area contributed by atoms with Gasteiger partial charge < -0.3 is 9.73 Å². The van der Waals surface area contributed by atoms with Gasteiger partial charge >= 0.3 is 0 Å². The number of nitrogens with zero attached hydrogens (tertiary/aromatic N) is 1. The van der Waals surface area contributed by atoms with E-state index in [9.17, 15) is 4.79 Å². The van der Waals surface area contributed by atoms with Crippen molar-refractivity contribution in [2.75, 3.05) is 0 Å². The van der Waals surface area contributed by atoms with Gasteiger partial charge in [0.1, 0.15) is 11.5 Å². The van der Waals surface area contributed by atoms with E-state index in [0.717, 1.165) is 5.76 Å². The number of rotatable bonds is 2. The van der Waals surface area contributed by atoms with Crippen LogP contribution in [0.25, 0.3) is 6.08 Å². The summed E-state index contributed by atoms with van der Waals surface area (Å²) in [6.07, 6.45) is 1.68. The molecule has 0 spiro atoms. The molecule has 0 saturated carbocycles. The second-order valence-corrected chi connectivity index (χ2v) is 6.32. The average Bonchev–Trinajstić information content (AvgIpc) is 3.02. The smallest absolute Gasteiger partial charge is 0.264 e. The van der Waals surface area contributed by atoms with Crippen molar-refractivity contribution in [2.45, 2.75) is 6.92 Å². The van der Waals surface area contributed by atoms with Gasteiger partial charge in [-0.2, -0.15) is 0 Å². The number of hydrogen-bond acceptors (Lipinski definition) is 4. The molecule has 0 aliphatic carbocycles. The summed E-state index contributed by atoms with van der Waals surface area (Å²) in [5.74, 6) is 1.18. The monoisotopic (exact) mass is 352 g/mol. The summed E-state index contributed by atoms with van der Waals surface area (Å²) >= 11 is 13.3. The van der Waals surface area contributed by atoms with Crippen LogP contribution in [-0.4, -0.2) is 11.1 Å². The molecule has 1 aromatic heterocycles. The van der Waals surface area contributed by atoms with Gasteiger partial charge in [0.25, 0.3) is 5.91 Å². The van der Waals surface area contributed by atoms with Gasteiger partial charge in [-0.3, -0.25) is 4.79 Å². The number of thioether (sulfide) groups is 1. The van der Waals surface area contributed by atoms with Crippen LogP contribution in [0.4, 0.5) is 5.69 Å². The topological polar surface area (TPSA) is 54.6 Å². The minimum Gasteiger partial charge on any atom is -0.462 e. The van der Waals surface area contributed by atoms with Crippen LogP contribution in [0.15, 0.2) is 44.6 Å². The molecule has 1 aliphatic heterocycles. The average molecular weight is 353 g/mol. The largest absolute Gasteiger partial charge is 0.462 e. The second kappa shape index (κ2) is 6.20. The first-order valence-corrected chi connectivity index (χ1v) is 7.90. The summed E-state index contributed by atoms with van der Waals surface area (Å²) in [6, 6.07) is 8.80. The molecule has 0 unspecified atom stereocenters. The van der Waals surface area contributed by atoms with Gasteiger partial charge in [-0.15, -0.1) is 0 Å². The van der Waals surface area contributed by atoms with Crippen LogP contribution in [0.1, 0.15) is 11.5 Å². The molecular weight excluding hydrogens is 343 g/mol. The highest BCUT2D eigenvalue weighted by Crippen LogP contribution is 2.34. The molecule has 0 atom stereocenters. The van der Waals surface area contributed by atoms with E-state index in [4.69, 9.17) is 27.6 Å². The third-order valence-electron chi connectivity index (χ3n) is 2.84. The van der Waals surface area contributed by atoms with Crippen molar-refractivity contribution in [1.82, 2.24) is 5.32 Å². The number of benzene rings is 1. The fraction of sp³-hybridized carbons (Fsp3) is 0.0667. The molecule has 1 aromatic carbocycles. The number of carbonyl (C=O) groups is 1. The van der Waals surface area contributed by atoms with E-state index in [1.165, 1.54) is 11.8 Å². The SMILES string of the molecule is Cc1ccc(/C=C2/SC(=Nc3cccc(Cl)c3Cl)NC2=O)o1. The predicted octanol–water partition coefficient (Wildman–Crippen LogP) is 4.79. The number of aryl methyl sites for hydroxylation is 1. The fourth-order valence-corrected chi connectivity index (χ4v) is 2.98. The number of nitrogens with one attached hydrogen (secondary N) is 1. The normalized spacial score (nSPS) is 18.2. The molecule has 3 rings (SSSR count). The van der Waals surface area contributed by atoms with E-state index in [-0.39, 0.29) is 5.91 Å². The molecule has 7 heteroatoms. The molecule has 22 heavy (non-hydrogen) atoms. The van der Waals surface area contributed by atoms with E-state index >= 15 is 0 Å². The van der Waals surface area contributed by atoms with E-state index in [0.29, 0.717) is 31.6 Å². The number of carbonyl (C=O) groups excluding carboxylic acids is 1. The number of halogens is 2. The summed E-state index contributed by atoms with van der Waals surface area (Å²) in [4.78, 5) is 16.8. The summed E-state index contributed by atoms with van der Waals surface area (Å²) in [6.45, 7) is 1.85. The Balaban J connectivity index is 1.87. The maximum absolute atomic E-state index is 12.0. The molecule has 1 N–H and O–H groups in total. The summed E-state index contributed by atoms with van der Waals surface area (Å²) in [7, 11) is 0. The van der Waals surface area contributed by atoms with E-state index in [1.807, 2.05) is 13.0 Å². The molecule has 1 aliphatic rings. The zero-order valence-electron chi connectivity index (χ0n) is 11.4. The van der Waals surface area contributed by atoms with Crippen molar-refractivity contribution >= 4 is 57.8 Å². The van der Waals surface area contributed by atoms with E-state index in [1.54, 1.807) is 30.3 Å². The Morgan fingerprint density at radius 3 is 2.82 bits per heavy atom. The highest BCUT2D eigenvalue weighted by Gasteiger charge is 2.24. The number of amidine groups is 1. The molecule has 2 aromatic rings. The van der Waals surface area contributed by atoms with Gasteiger partial charge in [0.15, 0.2) is 5.17 Å². The number of furan rings is 1. The van der Waals surface area contributed by atoms with Crippen molar-refractivity contribution < 1.29 is 9.21 Å². The third kappa shape index (κ3) is 3.21. The third-order valence-corrected chi connectivity index (χ3v) is 4.56. The van der Waals surface area contributed by atoms with Crippen LogP contribution in [0.3, 0.4) is 0 Å². The Labute approximate surface area is 141 Å². The molecule has 1 fully saturated rings. The Morgan fingerprint density at radius 1 is 1.27 bits per heavy atom. The zero-order chi connectivity index (χ0) is 15.7. The Kier molecular flexibility index (Phi) is 4.29. The van der Waals surface area contributed by atoms with E-state index < -0.39 is 0 Å². The Morgan fingerprint density at radius 2 is 2.09 bits per heavy atom. The maximum atomic E-state index is 12.0. The Bertz CT molecular complexity index is 812. The quantitative estimate of drug-likeness (QED) is 0.790. The highest BCUT2D eigenvalue weighted by atomic mass is 35.5. The number of hydrogen-bond donors (Lipinski definition) is 1. The van der Waals surface area contributed by atoms with Crippen LogP contribution in [-0.2, 0) is 4.79 Å². The second-order valence-electron chi connectivity index (χ2n) is 4.50. The predicted molar refractivity (Wildman–Crippen MR) is 90.7 cm³/mol. The lowest BCUT2D eigenvalue weighted by molar-refractivity contribution is -0.115. The van der Waals surface area contributed by atoms with Crippen molar-refractivity contribution in [1.29, 1.82) is 0 Å². The van der Waals surface area contributed by atoms with Gasteiger partial charge in [-0.1, -0.05) is 29.3 Å². The lowest BCUT2D eigenvalue weighted by Crippen LogP contribution is -2.19. The lowest BCUT2D eigenvalue weighted by Gasteiger charge is -2.00. The lowest BCUT2D eigenvalue weighted by atomic mass is 10.3. The van der Waals surface area contributed by atoms with Gasteiger partial charge in [-0.25, -0.2) is 4.99 Å². The zero-order valence-corrected chi connectivity index (χ0v) is 13.7.